The first-order valence-corrected chi connectivity index (χ1v) is 6.56. The monoisotopic (exact) mass is 253 g/mol. The van der Waals surface area contributed by atoms with Crippen LogP contribution in [-0.2, 0) is 5.75 Å². The zero-order valence-corrected chi connectivity index (χ0v) is 10.4. The average Bonchev–Trinajstić information content (AvgIpc) is 2.97. The van der Waals surface area contributed by atoms with Crippen molar-refractivity contribution in [2.75, 3.05) is 6.61 Å². The van der Waals surface area contributed by atoms with E-state index in [0.717, 1.165) is 17.9 Å². The van der Waals surface area contributed by atoms with Gasteiger partial charge in [-0.15, -0.1) is 0 Å². The van der Waals surface area contributed by atoms with Gasteiger partial charge in [0.15, 0.2) is 5.76 Å². The molecule has 0 saturated heterocycles. The van der Waals surface area contributed by atoms with Gasteiger partial charge < -0.3 is 14.0 Å². The van der Waals surface area contributed by atoms with Gasteiger partial charge in [-0.05, 0) is 18.6 Å². The molecule has 0 fully saturated rings. The van der Waals surface area contributed by atoms with Crippen LogP contribution in [0.4, 0.5) is 0 Å². The average molecular weight is 253 g/mol. The van der Waals surface area contributed by atoms with Gasteiger partial charge in [-0.3, -0.25) is 0 Å². The second-order valence-corrected chi connectivity index (χ2v) is 5.22. The molecular formula is C12H15NO3S. The highest BCUT2D eigenvalue weighted by Gasteiger charge is 2.10. The molecule has 0 radical (unpaired) electrons. The van der Waals surface area contributed by atoms with Gasteiger partial charge in [-0.2, -0.15) is 11.8 Å². The highest BCUT2D eigenvalue weighted by molar-refractivity contribution is 7.99. The van der Waals surface area contributed by atoms with Crippen LogP contribution in [0.25, 0.3) is 11.5 Å². The molecule has 0 aliphatic rings. The highest BCUT2D eigenvalue weighted by Crippen LogP contribution is 2.24. The van der Waals surface area contributed by atoms with E-state index < -0.39 is 0 Å². The molecule has 1 N–H and O–H groups in total. The number of thioether (sulfide) groups is 1. The molecule has 4 nitrogen and oxygen atoms in total. The maximum atomic E-state index is 8.80. The summed E-state index contributed by atoms with van der Waals surface area (Å²) < 4.78 is 10.4. The van der Waals surface area contributed by atoms with Crippen LogP contribution in [0, 0.1) is 0 Å². The van der Waals surface area contributed by atoms with Crippen LogP contribution in [0.3, 0.4) is 0 Å². The minimum Gasteiger partial charge on any atom is -0.461 e. The second-order valence-electron chi connectivity index (χ2n) is 3.79. The third kappa shape index (κ3) is 3.38. The molecule has 0 aliphatic carbocycles. The van der Waals surface area contributed by atoms with Crippen LogP contribution in [0.15, 0.2) is 33.4 Å². The molecule has 0 aromatic carbocycles. The molecule has 0 amide bonds. The first kappa shape index (κ1) is 12.3. The van der Waals surface area contributed by atoms with Gasteiger partial charge in [0.05, 0.1) is 12.0 Å². The largest absolute Gasteiger partial charge is 0.461 e. The summed E-state index contributed by atoms with van der Waals surface area (Å²) >= 11 is 1.75. The van der Waals surface area contributed by atoms with E-state index in [1.54, 1.807) is 18.0 Å². The van der Waals surface area contributed by atoms with Gasteiger partial charge >= 0.3 is 0 Å². The van der Waals surface area contributed by atoms with Crippen LogP contribution >= 0.6 is 11.8 Å². The third-order valence-corrected chi connectivity index (χ3v) is 3.64. The second kappa shape index (κ2) is 5.93. The number of aliphatic hydroxyl groups excluding tert-OH is 1. The van der Waals surface area contributed by atoms with Crippen molar-refractivity contribution < 1.29 is 14.0 Å². The molecule has 17 heavy (non-hydrogen) atoms. The summed E-state index contributed by atoms with van der Waals surface area (Å²) in [5, 5.41) is 13.2. The lowest BCUT2D eigenvalue weighted by Gasteiger charge is -2.06. The molecule has 5 heteroatoms. The molecule has 2 rings (SSSR count). The zero-order chi connectivity index (χ0) is 12.1. The van der Waals surface area contributed by atoms with Gasteiger partial charge in [-0.25, -0.2) is 0 Å². The first-order chi connectivity index (χ1) is 8.29. The van der Waals surface area contributed by atoms with Crippen LogP contribution in [0.2, 0.25) is 0 Å². The summed E-state index contributed by atoms with van der Waals surface area (Å²) in [6, 6.07) is 5.54. The Bertz CT molecular complexity index is 438. The van der Waals surface area contributed by atoms with Crippen molar-refractivity contribution in [1.82, 2.24) is 5.16 Å². The Balaban J connectivity index is 1.91. The fourth-order valence-electron chi connectivity index (χ4n) is 1.41. The van der Waals surface area contributed by atoms with Crippen molar-refractivity contribution in [1.29, 1.82) is 0 Å². The van der Waals surface area contributed by atoms with E-state index in [4.69, 9.17) is 14.0 Å². The van der Waals surface area contributed by atoms with E-state index in [1.165, 1.54) is 0 Å². The number of furan rings is 1. The Labute approximate surface area is 104 Å². The molecule has 2 aromatic rings. The van der Waals surface area contributed by atoms with Crippen LogP contribution in [-0.4, -0.2) is 22.1 Å². The molecule has 0 spiro atoms. The molecule has 0 aliphatic heterocycles. The van der Waals surface area contributed by atoms with Crippen molar-refractivity contribution in [3.05, 3.63) is 30.2 Å². The number of hydrogen-bond donors (Lipinski definition) is 1. The van der Waals surface area contributed by atoms with Crippen molar-refractivity contribution in [3.63, 3.8) is 0 Å². The van der Waals surface area contributed by atoms with Gasteiger partial charge in [-0.1, -0.05) is 12.1 Å². The van der Waals surface area contributed by atoms with E-state index >= 15 is 0 Å². The minimum atomic E-state index is 0.227. The van der Waals surface area contributed by atoms with E-state index in [9.17, 15) is 0 Å². The molecule has 92 valence electrons. The van der Waals surface area contributed by atoms with Crippen molar-refractivity contribution in [2.45, 2.75) is 24.3 Å². The minimum absolute atomic E-state index is 0.227. The van der Waals surface area contributed by atoms with E-state index in [2.05, 4.69) is 12.1 Å². The van der Waals surface area contributed by atoms with Gasteiger partial charge in [0, 0.05) is 23.7 Å². The van der Waals surface area contributed by atoms with Gasteiger partial charge in [0.25, 0.3) is 0 Å². The Morgan fingerprint density at radius 2 is 2.35 bits per heavy atom. The Hall–Kier alpha value is -1.20. The smallest absolute Gasteiger partial charge is 0.202 e. The lowest BCUT2D eigenvalue weighted by Crippen LogP contribution is -1.99. The maximum absolute atomic E-state index is 8.80. The number of aromatic nitrogens is 1. The molecule has 0 saturated carbocycles. The number of nitrogens with zero attached hydrogens (tertiary/aromatic N) is 1. The quantitative estimate of drug-likeness (QED) is 0.857. The summed E-state index contributed by atoms with van der Waals surface area (Å²) in [5.74, 6) is 2.13. The molecule has 2 heterocycles. The number of rotatable bonds is 6. The lowest BCUT2D eigenvalue weighted by atomic mass is 10.3. The summed E-state index contributed by atoms with van der Waals surface area (Å²) in [6.07, 6.45) is 2.41. The van der Waals surface area contributed by atoms with Crippen LogP contribution in [0.1, 0.15) is 19.0 Å². The zero-order valence-electron chi connectivity index (χ0n) is 9.63. The standard InChI is InChI=1S/C12H15NO3S/c1-9(4-5-14)17-8-10-7-12(16-13-10)11-3-2-6-15-11/h2-3,6-7,9,14H,4-5,8H2,1H3. The summed E-state index contributed by atoms with van der Waals surface area (Å²) in [4.78, 5) is 0. The fourth-order valence-corrected chi connectivity index (χ4v) is 2.27. The third-order valence-electron chi connectivity index (χ3n) is 2.37. The SMILES string of the molecule is CC(CCO)SCc1cc(-c2ccco2)on1. The van der Waals surface area contributed by atoms with Gasteiger partial charge in [0.2, 0.25) is 5.76 Å². The van der Waals surface area contributed by atoms with E-state index in [1.807, 2.05) is 18.2 Å². The topological polar surface area (TPSA) is 59.4 Å². The lowest BCUT2D eigenvalue weighted by molar-refractivity contribution is 0.289. The molecule has 1 atom stereocenters. The number of aliphatic hydroxyl groups is 1. The normalized spacial score (nSPS) is 12.8. The summed E-state index contributed by atoms with van der Waals surface area (Å²) in [7, 11) is 0. The van der Waals surface area contributed by atoms with E-state index in [0.29, 0.717) is 16.8 Å². The first-order valence-electron chi connectivity index (χ1n) is 5.51. The van der Waals surface area contributed by atoms with Crippen molar-refractivity contribution in [3.8, 4) is 11.5 Å². The van der Waals surface area contributed by atoms with Gasteiger partial charge in [0.1, 0.15) is 0 Å². The number of hydrogen-bond acceptors (Lipinski definition) is 5. The predicted molar refractivity (Wildman–Crippen MR) is 66.7 cm³/mol. The van der Waals surface area contributed by atoms with Crippen LogP contribution < -0.4 is 0 Å². The van der Waals surface area contributed by atoms with Crippen LogP contribution in [0.5, 0.6) is 0 Å². The van der Waals surface area contributed by atoms with Crippen molar-refractivity contribution in [2.24, 2.45) is 0 Å². The molecule has 1 unspecified atom stereocenters. The predicted octanol–water partition coefficient (Wildman–Crippen LogP) is 2.94. The molecular weight excluding hydrogens is 238 g/mol. The Kier molecular flexibility index (Phi) is 4.28. The molecule has 0 bridgehead atoms. The fraction of sp³-hybridized carbons (Fsp3) is 0.417. The highest BCUT2D eigenvalue weighted by atomic mass is 32.2. The summed E-state index contributed by atoms with van der Waals surface area (Å²) in [6.45, 7) is 2.32. The summed E-state index contributed by atoms with van der Waals surface area (Å²) in [5.41, 5.74) is 0.895. The Morgan fingerprint density at radius 3 is 3.06 bits per heavy atom. The Morgan fingerprint density at radius 1 is 1.47 bits per heavy atom. The molecule has 2 aromatic heterocycles. The van der Waals surface area contributed by atoms with E-state index in [-0.39, 0.29) is 6.61 Å². The maximum Gasteiger partial charge on any atom is 0.202 e. The van der Waals surface area contributed by atoms with Crippen molar-refractivity contribution >= 4 is 11.8 Å².